The van der Waals surface area contributed by atoms with E-state index in [-0.39, 0.29) is 5.91 Å². The van der Waals surface area contributed by atoms with Crippen LogP contribution in [-0.4, -0.2) is 28.8 Å². The van der Waals surface area contributed by atoms with Crippen LogP contribution in [0.3, 0.4) is 0 Å². The van der Waals surface area contributed by atoms with Crippen LogP contribution in [0.25, 0.3) is 0 Å². The number of ether oxygens (including phenoxy) is 1. The molecule has 1 rings (SSSR count). The van der Waals surface area contributed by atoms with Crippen LogP contribution in [0.5, 0.6) is 0 Å². The molecule has 0 aliphatic carbocycles. The zero-order valence-corrected chi connectivity index (χ0v) is 12.7. The first-order valence-corrected chi connectivity index (χ1v) is 7.52. The van der Waals surface area contributed by atoms with Gasteiger partial charge in [0, 0.05) is 11.8 Å². The van der Waals surface area contributed by atoms with E-state index < -0.39 is 5.97 Å². The highest BCUT2D eigenvalue weighted by atomic mass is 79.9. The van der Waals surface area contributed by atoms with Crippen LogP contribution in [-0.2, 0) is 9.53 Å². The molecule has 0 radical (unpaired) electrons. The Morgan fingerprint density at radius 1 is 1.50 bits per heavy atom. The van der Waals surface area contributed by atoms with E-state index in [2.05, 4.69) is 26.2 Å². The van der Waals surface area contributed by atoms with Gasteiger partial charge in [0.25, 0.3) is 0 Å². The average Bonchev–Trinajstić information content (AvgIpc) is 2.68. The Kier molecular flexibility index (Phi) is 6.28. The van der Waals surface area contributed by atoms with Crippen molar-refractivity contribution in [3.05, 3.63) is 10.6 Å². The van der Waals surface area contributed by atoms with E-state index in [1.54, 1.807) is 13.8 Å². The van der Waals surface area contributed by atoms with E-state index in [4.69, 9.17) is 4.74 Å². The summed E-state index contributed by atoms with van der Waals surface area (Å²) in [5.74, 6) is -0.493. The molecule has 1 aromatic heterocycles. The molecule has 0 saturated carbocycles. The molecule has 0 aliphatic rings. The van der Waals surface area contributed by atoms with Gasteiger partial charge < -0.3 is 10.1 Å². The molecule has 7 heteroatoms. The summed E-state index contributed by atoms with van der Waals surface area (Å²) in [5, 5.41) is 3.90. The summed E-state index contributed by atoms with van der Waals surface area (Å²) in [6, 6.07) is 0. The normalized spacial score (nSPS) is 10.2. The molecular weight excluding hydrogens is 320 g/mol. The molecule has 1 amide bonds. The van der Waals surface area contributed by atoms with Gasteiger partial charge in [-0.15, -0.1) is 0 Å². The molecule has 1 N–H and O–H groups in total. The lowest BCUT2D eigenvalue weighted by Gasteiger charge is -1.99. The number of carbonyl (C=O) groups is 2. The van der Waals surface area contributed by atoms with E-state index in [1.165, 1.54) is 0 Å². The molecule has 1 heterocycles. The van der Waals surface area contributed by atoms with E-state index >= 15 is 0 Å². The van der Waals surface area contributed by atoms with Gasteiger partial charge in [-0.25, -0.2) is 9.78 Å². The molecule has 5 nitrogen and oxygen atoms in total. The molecular formula is C11H15BrN2O3S. The monoisotopic (exact) mass is 334 g/mol. The van der Waals surface area contributed by atoms with Crippen molar-refractivity contribution in [1.29, 1.82) is 0 Å². The summed E-state index contributed by atoms with van der Waals surface area (Å²) in [5.41, 5.74) is 0.578. The lowest BCUT2D eigenvalue weighted by Crippen LogP contribution is -2.10. The molecule has 0 spiro atoms. The Morgan fingerprint density at radius 2 is 2.22 bits per heavy atom. The van der Waals surface area contributed by atoms with Gasteiger partial charge in [-0.2, -0.15) is 0 Å². The first-order chi connectivity index (χ1) is 8.58. The molecule has 0 unspecified atom stereocenters. The number of nitrogens with one attached hydrogen (secondary N) is 1. The fourth-order valence-electron chi connectivity index (χ4n) is 1.25. The van der Waals surface area contributed by atoms with Gasteiger partial charge in [0.05, 0.1) is 12.3 Å². The lowest BCUT2D eigenvalue weighted by atomic mass is 10.3. The highest BCUT2D eigenvalue weighted by molar-refractivity contribution is 9.09. The number of thiazole rings is 1. The van der Waals surface area contributed by atoms with Gasteiger partial charge in [0.1, 0.15) is 4.88 Å². The van der Waals surface area contributed by atoms with Crippen LogP contribution < -0.4 is 5.32 Å². The summed E-state index contributed by atoms with van der Waals surface area (Å²) >= 11 is 4.40. The SMILES string of the molecule is CCOC(=O)c1sc(NC(=O)CCCBr)nc1C. The van der Waals surface area contributed by atoms with Crippen molar-refractivity contribution in [1.82, 2.24) is 4.98 Å². The largest absolute Gasteiger partial charge is 0.462 e. The number of anilines is 1. The quantitative estimate of drug-likeness (QED) is 0.641. The summed E-state index contributed by atoms with van der Waals surface area (Å²) < 4.78 is 4.90. The van der Waals surface area contributed by atoms with Gasteiger partial charge in [0.15, 0.2) is 5.13 Å². The van der Waals surface area contributed by atoms with Crippen molar-refractivity contribution in [2.45, 2.75) is 26.7 Å². The highest BCUT2D eigenvalue weighted by Gasteiger charge is 2.17. The average molecular weight is 335 g/mol. The summed E-state index contributed by atoms with van der Waals surface area (Å²) in [6.07, 6.45) is 1.19. The molecule has 0 bridgehead atoms. The number of aromatic nitrogens is 1. The molecule has 0 saturated heterocycles. The Labute approximate surface area is 118 Å². The summed E-state index contributed by atoms with van der Waals surface area (Å²) in [6.45, 7) is 3.79. The minimum Gasteiger partial charge on any atom is -0.462 e. The lowest BCUT2D eigenvalue weighted by molar-refractivity contribution is -0.116. The van der Waals surface area contributed by atoms with Crippen molar-refractivity contribution >= 4 is 44.3 Å². The number of alkyl halides is 1. The first-order valence-electron chi connectivity index (χ1n) is 5.58. The van der Waals surface area contributed by atoms with Gasteiger partial charge >= 0.3 is 5.97 Å². The molecule has 100 valence electrons. The Bertz CT molecular complexity index is 434. The fraction of sp³-hybridized carbons (Fsp3) is 0.545. The van der Waals surface area contributed by atoms with Crippen molar-refractivity contribution in [3.63, 3.8) is 0 Å². The zero-order valence-electron chi connectivity index (χ0n) is 10.3. The Morgan fingerprint density at radius 3 is 2.83 bits per heavy atom. The number of hydrogen-bond donors (Lipinski definition) is 1. The van der Waals surface area contributed by atoms with Gasteiger partial charge in [-0.05, 0) is 20.3 Å². The van der Waals surface area contributed by atoms with E-state index in [1.807, 2.05) is 0 Å². The van der Waals surface area contributed by atoms with Crippen LogP contribution in [0, 0.1) is 6.92 Å². The maximum absolute atomic E-state index is 11.6. The maximum atomic E-state index is 11.6. The Balaban J connectivity index is 2.66. The van der Waals surface area contributed by atoms with Gasteiger partial charge in [-0.3, -0.25) is 4.79 Å². The molecule has 0 fully saturated rings. The minimum atomic E-state index is -0.395. The smallest absolute Gasteiger partial charge is 0.350 e. The van der Waals surface area contributed by atoms with Crippen molar-refractivity contribution < 1.29 is 14.3 Å². The molecule has 1 aromatic rings. The molecule has 18 heavy (non-hydrogen) atoms. The number of rotatable bonds is 6. The first kappa shape index (κ1) is 15.1. The minimum absolute atomic E-state index is 0.0985. The van der Waals surface area contributed by atoms with Crippen LogP contribution in [0.15, 0.2) is 0 Å². The molecule has 0 atom stereocenters. The molecule has 0 aromatic carbocycles. The fourth-order valence-corrected chi connectivity index (χ4v) is 2.40. The third kappa shape index (κ3) is 4.38. The predicted octanol–water partition coefficient (Wildman–Crippen LogP) is 2.74. The standard InChI is InChI=1S/C11H15BrN2O3S/c1-3-17-10(16)9-7(2)13-11(18-9)14-8(15)5-4-6-12/h3-6H2,1-2H3,(H,13,14,15). The van der Waals surface area contributed by atoms with Crippen LogP contribution in [0.2, 0.25) is 0 Å². The third-order valence-electron chi connectivity index (χ3n) is 2.04. The van der Waals surface area contributed by atoms with Crippen LogP contribution in [0.4, 0.5) is 5.13 Å². The second-order valence-corrected chi connectivity index (χ2v) is 5.29. The van der Waals surface area contributed by atoms with E-state index in [0.717, 1.165) is 23.1 Å². The topological polar surface area (TPSA) is 68.3 Å². The molecule has 0 aliphatic heterocycles. The third-order valence-corrected chi connectivity index (χ3v) is 3.65. The number of carbonyl (C=O) groups excluding carboxylic acids is 2. The van der Waals surface area contributed by atoms with Crippen LogP contribution >= 0.6 is 27.3 Å². The predicted molar refractivity (Wildman–Crippen MR) is 74.5 cm³/mol. The number of nitrogens with zero attached hydrogens (tertiary/aromatic N) is 1. The second-order valence-electron chi connectivity index (χ2n) is 3.49. The second kappa shape index (κ2) is 7.48. The van der Waals surface area contributed by atoms with E-state index in [9.17, 15) is 9.59 Å². The highest BCUT2D eigenvalue weighted by Crippen LogP contribution is 2.23. The maximum Gasteiger partial charge on any atom is 0.350 e. The number of hydrogen-bond acceptors (Lipinski definition) is 5. The zero-order chi connectivity index (χ0) is 13.5. The number of esters is 1. The number of amides is 1. The summed E-state index contributed by atoms with van der Waals surface area (Å²) in [7, 11) is 0. The summed E-state index contributed by atoms with van der Waals surface area (Å²) in [4.78, 5) is 27.6. The van der Waals surface area contributed by atoms with Gasteiger partial charge in [0.2, 0.25) is 5.91 Å². The van der Waals surface area contributed by atoms with Crippen LogP contribution in [0.1, 0.15) is 35.1 Å². The van der Waals surface area contributed by atoms with Crippen molar-refractivity contribution in [3.8, 4) is 0 Å². The van der Waals surface area contributed by atoms with E-state index in [0.29, 0.717) is 28.7 Å². The Hall–Kier alpha value is -0.950. The van der Waals surface area contributed by atoms with Gasteiger partial charge in [-0.1, -0.05) is 27.3 Å². The number of halogens is 1. The van der Waals surface area contributed by atoms with Crippen molar-refractivity contribution in [2.24, 2.45) is 0 Å². The van der Waals surface area contributed by atoms with Crippen molar-refractivity contribution in [2.75, 3.05) is 17.3 Å². The number of aryl methyl sites for hydroxylation is 1.